The number of morpholine rings is 1. The molecule has 2 fully saturated rings. The summed E-state index contributed by atoms with van der Waals surface area (Å²) in [5.41, 5.74) is 0.986. The second-order valence-electron chi connectivity index (χ2n) is 8.07. The van der Waals surface area contributed by atoms with E-state index in [-0.39, 0.29) is 23.9 Å². The maximum absolute atomic E-state index is 13.4. The van der Waals surface area contributed by atoms with Crippen LogP contribution in [-0.2, 0) is 9.47 Å². The number of guanidine groups is 1. The average molecular weight is 423 g/mol. The van der Waals surface area contributed by atoms with Crippen LogP contribution in [0.1, 0.15) is 31.4 Å². The number of ether oxygens (including phenoxy) is 2. The number of aliphatic hydroxyl groups excluding tert-OH is 1. The number of halogens is 1. The van der Waals surface area contributed by atoms with Gasteiger partial charge in [0.25, 0.3) is 0 Å². The van der Waals surface area contributed by atoms with Crippen LogP contribution in [0.2, 0.25) is 0 Å². The number of aliphatic hydroxyl groups is 1. The minimum atomic E-state index is -0.227. The van der Waals surface area contributed by atoms with Crippen molar-refractivity contribution in [2.45, 2.75) is 25.8 Å². The van der Waals surface area contributed by atoms with E-state index in [2.05, 4.69) is 15.5 Å². The molecule has 3 rings (SSSR count). The summed E-state index contributed by atoms with van der Waals surface area (Å²) in [6.45, 7) is 8.67. The van der Waals surface area contributed by atoms with Crippen LogP contribution in [-0.4, -0.2) is 81.7 Å². The van der Waals surface area contributed by atoms with Gasteiger partial charge >= 0.3 is 0 Å². The van der Waals surface area contributed by atoms with Crippen LogP contribution in [0, 0.1) is 11.2 Å². The molecule has 3 N–H and O–H groups in total. The van der Waals surface area contributed by atoms with Gasteiger partial charge in [0.15, 0.2) is 5.96 Å². The average Bonchev–Trinajstić information content (AvgIpc) is 3.23. The van der Waals surface area contributed by atoms with E-state index in [1.165, 1.54) is 12.1 Å². The van der Waals surface area contributed by atoms with E-state index < -0.39 is 0 Å². The molecule has 8 heteroatoms. The summed E-state index contributed by atoms with van der Waals surface area (Å²) in [4.78, 5) is 7.18. The van der Waals surface area contributed by atoms with Crippen molar-refractivity contribution in [3.63, 3.8) is 0 Å². The Bertz CT molecular complexity index is 659. The van der Waals surface area contributed by atoms with Crippen LogP contribution in [0.4, 0.5) is 4.39 Å². The Morgan fingerprint density at radius 2 is 1.97 bits per heavy atom. The zero-order valence-electron chi connectivity index (χ0n) is 17.9. The maximum atomic E-state index is 13.4. The van der Waals surface area contributed by atoms with E-state index in [1.807, 2.05) is 19.1 Å². The number of hydrogen-bond acceptors (Lipinski definition) is 5. The number of rotatable bonds is 9. The minimum Gasteiger partial charge on any atom is -0.396 e. The Morgan fingerprint density at radius 3 is 2.60 bits per heavy atom. The molecule has 1 aromatic rings. The number of nitrogens with zero attached hydrogens (tertiary/aromatic N) is 2. The molecule has 0 amide bonds. The summed E-state index contributed by atoms with van der Waals surface area (Å²) in [6, 6.07) is 6.84. The molecule has 168 valence electrons. The van der Waals surface area contributed by atoms with Crippen molar-refractivity contribution in [2.75, 3.05) is 65.8 Å². The van der Waals surface area contributed by atoms with Crippen LogP contribution in [0.25, 0.3) is 0 Å². The van der Waals surface area contributed by atoms with E-state index in [4.69, 9.17) is 14.5 Å². The lowest BCUT2D eigenvalue weighted by atomic mass is 9.84. The van der Waals surface area contributed by atoms with Gasteiger partial charge in [-0.25, -0.2) is 4.39 Å². The third kappa shape index (κ3) is 6.38. The lowest BCUT2D eigenvalue weighted by Crippen LogP contribution is -2.46. The second kappa shape index (κ2) is 11.6. The predicted molar refractivity (Wildman–Crippen MR) is 115 cm³/mol. The molecule has 0 spiro atoms. The second-order valence-corrected chi connectivity index (χ2v) is 8.07. The van der Waals surface area contributed by atoms with Gasteiger partial charge in [0.2, 0.25) is 0 Å². The lowest BCUT2D eigenvalue weighted by molar-refractivity contribution is 0.0170. The van der Waals surface area contributed by atoms with E-state index in [1.54, 1.807) is 0 Å². The van der Waals surface area contributed by atoms with Crippen molar-refractivity contribution in [3.8, 4) is 0 Å². The Labute approximate surface area is 178 Å². The zero-order valence-corrected chi connectivity index (χ0v) is 17.9. The van der Waals surface area contributed by atoms with Gasteiger partial charge in [0.1, 0.15) is 5.82 Å². The molecule has 2 saturated heterocycles. The predicted octanol–water partition coefficient (Wildman–Crippen LogP) is 1.54. The normalized spacial score (nSPS) is 24.0. The monoisotopic (exact) mass is 422 g/mol. The van der Waals surface area contributed by atoms with Crippen molar-refractivity contribution >= 4 is 5.96 Å². The highest BCUT2D eigenvalue weighted by Crippen LogP contribution is 2.32. The van der Waals surface area contributed by atoms with E-state index in [0.29, 0.717) is 39.3 Å². The van der Waals surface area contributed by atoms with Gasteiger partial charge in [-0.2, -0.15) is 0 Å². The number of hydrogen-bond donors (Lipinski definition) is 3. The van der Waals surface area contributed by atoms with E-state index in [0.717, 1.165) is 44.2 Å². The van der Waals surface area contributed by atoms with E-state index >= 15 is 0 Å². The lowest BCUT2D eigenvalue weighted by Gasteiger charge is -2.35. The smallest absolute Gasteiger partial charge is 0.191 e. The van der Waals surface area contributed by atoms with Gasteiger partial charge in [-0.3, -0.25) is 9.89 Å². The molecule has 2 unspecified atom stereocenters. The van der Waals surface area contributed by atoms with Crippen molar-refractivity contribution in [1.29, 1.82) is 0 Å². The van der Waals surface area contributed by atoms with Crippen molar-refractivity contribution in [1.82, 2.24) is 15.5 Å². The summed E-state index contributed by atoms with van der Waals surface area (Å²) < 4.78 is 24.5. The fourth-order valence-corrected chi connectivity index (χ4v) is 4.10. The summed E-state index contributed by atoms with van der Waals surface area (Å²) in [5.74, 6) is 0.525. The quantitative estimate of drug-likeness (QED) is 0.414. The summed E-state index contributed by atoms with van der Waals surface area (Å²) in [6.07, 6.45) is 1.62. The molecule has 0 radical (unpaired) electrons. The summed E-state index contributed by atoms with van der Waals surface area (Å²) in [7, 11) is 0. The fourth-order valence-electron chi connectivity index (χ4n) is 4.10. The Morgan fingerprint density at radius 1 is 1.20 bits per heavy atom. The van der Waals surface area contributed by atoms with Crippen molar-refractivity contribution in [2.24, 2.45) is 10.4 Å². The Hall–Kier alpha value is -1.74. The molecular weight excluding hydrogens is 387 g/mol. The molecule has 2 aliphatic heterocycles. The molecule has 30 heavy (non-hydrogen) atoms. The first-order valence-electron chi connectivity index (χ1n) is 10.9. The molecule has 2 atom stereocenters. The molecule has 2 aliphatic rings. The highest BCUT2D eigenvalue weighted by Gasteiger charge is 2.34. The number of benzene rings is 1. The standard InChI is InChI=1S/C22H35FN4O3/c1-2-24-21(26-16-22(7-11-28)8-12-30-17-22)25-15-20(27-9-13-29-14-10-27)18-3-5-19(23)6-4-18/h3-6,20,28H,2,7-17H2,1H3,(H2,24,25,26). The molecule has 0 saturated carbocycles. The first kappa shape index (κ1) is 22.9. The molecule has 1 aromatic carbocycles. The number of aliphatic imine (C=N–C) groups is 1. The zero-order chi connectivity index (χ0) is 21.2. The van der Waals surface area contributed by atoms with Gasteiger partial charge in [0, 0.05) is 44.8 Å². The van der Waals surface area contributed by atoms with Gasteiger partial charge < -0.3 is 25.2 Å². The van der Waals surface area contributed by atoms with Gasteiger partial charge in [-0.15, -0.1) is 0 Å². The molecule has 7 nitrogen and oxygen atoms in total. The largest absolute Gasteiger partial charge is 0.396 e. The van der Waals surface area contributed by atoms with Gasteiger partial charge in [0.05, 0.1) is 32.4 Å². The SMILES string of the molecule is CCNC(=NCC1(CCO)CCOC1)NCC(c1ccc(F)cc1)N1CCOCC1. The highest BCUT2D eigenvalue weighted by atomic mass is 19.1. The Balaban J connectivity index is 1.69. The minimum absolute atomic E-state index is 0.0856. The van der Waals surface area contributed by atoms with Crippen molar-refractivity contribution < 1.29 is 19.0 Å². The van der Waals surface area contributed by atoms with Crippen LogP contribution in [0.3, 0.4) is 0 Å². The molecule has 0 aliphatic carbocycles. The number of nitrogens with one attached hydrogen (secondary N) is 2. The first-order valence-corrected chi connectivity index (χ1v) is 10.9. The molecule has 0 aromatic heterocycles. The third-order valence-corrected chi connectivity index (χ3v) is 5.95. The summed E-state index contributed by atoms with van der Waals surface area (Å²) in [5, 5.41) is 16.2. The van der Waals surface area contributed by atoms with Crippen LogP contribution in [0.15, 0.2) is 29.3 Å². The van der Waals surface area contributed by atoms with Gasteiger partial charge in [-0.05, 0) is 37.5 Å². The topological polar surface area (TPSA) is 78.4 Å². The summed E-state index contributed by atoms with van der Waals surface area (Å²) >= 11 is 0. The maximum Gasteiger partial charge on any atom is 0.191 e. The first-order chi connectivity index (χ1) is 14.7. The molecular formula is C22H35FN4O3. The van der Waals surface area contributed by atoms with Crippen LogP contribution in [0.5, 0.6) is 0 Å². The van der Waals surface area contributed by atoms with Crippen LogP contribution >= 0.6 is 0 Å². The molecule has 2 heterocycles. The fraction of sp³-hybridized carbons (Fsp3) is 0.682. The van der Waals surface area contributed by atoms with Gasteiger partial charge in [-0.1, -0.05) is 12.1 Å². The van der Waals surface area contributed by atoms with Crippen molar-refractivity contribution in [3.05, 3.63) is 35.6 Å². The highest BCUT2D eigenvalue weighted by molar-refractivity contribution is 5.79. The molecule has 0 bridgehead atoms. The Kier molecular flexibility index (Phi) is 8.87. The van der Waals surface area contributed by atoms with Crippen LogP contribution < -0.4 is 10.6 Å². The van der Waals surface area contributed by atoms with E-state index in [9.17, 15) is 9.50 Å². The third-order valence-electron chi connectivity index (χ3n) is 5.95.